The van der Waals surface area contributed by atoms with E-state index in [1.165, 1.54) is 13.2 Å². The van der Waals surface area contributed by atoms with Crippen LogP contribution >= 0.6 is 11.6 Å². The molecule has 1 amide bonds. The van der Waals surface area contributed by atoms with Crippen molar-refractivity contribution in [2.24, 2.45) is 5.92 Å². The number of amides is 1. The van der Waals surface area contributed by atoms with Crippen LogP contribution in [0.1, 0.15) is 32.3 Å². The molecule has 1 N–H and O–H groups in total. The quantitative estimate of drug-likeness (QED) is 0.362. The summed E-state index contributed by atoms with van der Waals surface area (Å²) in [7, 11) is 1.38. The lowest BCUT2D eigenvalue weighted by Crippen LogP contribution is -2.37. The molecule has 0 saturated heterocycles. The smallest absolute Gasteiger partial charge is 0.308 e. The summed E-state index contributed by atoms with van der Waals surface area (Å²) in [6.07, 6.45) is 1.24. The molecule has 5 rings (SSSR count). The van der Waals surface area contributed by atoms with Gasteiger partial charge in [0.25, 0.3) is 0 Å². The number of rotatable bonds is 7. The second-order valence-corrected chi connectivity index (χ2v) is 10.0. The van der Waals surface area contributed by atoms with Crippen molar-refractivity contribution in [3.8, 4) is 17.1 Å². The zero-order valence-electron chi connectivity index (χ0n) is 20.2. The van der Waals surface area contributed by atoms with Gasteiger partial charge in [-0.05, 0) is 56.5 Å². The summed E-state index contributed by atoms with van der Waals surface area (Å²) in [4.78, 5) is 36.9. The molecule has 2 aliphatic rings. The van der Waals surface area contributed by atoms with E-state index in [1.807, 2.05) is 13.8 Å². The number of carbonyl (C=O) groups is 2. The summed E-state index contributed by atoms with van der Waals surface area (Å²) in [5, 5.41) is 3.60. The van der Waals surface area contributed by atoms with Crippen LogP contribution in [0.3, 0.4) is 0 Å². The van der Waals surface area contributed by atoms with E-state index < -0.39 is 5.41 Å². The SMILES string of the molecule is COC(=O)[C@H]1C[C@@H](OCCOc2cc3c(cc2-c2cc(=O)c4cccc(Cl)c4o2)NC(=O)C3(C)C)C1. The molecule has 3 aromatic rings. The van der Waals surface area contributed by atoms with Crippen LogP contribution in [0.15, 0.2) is 45.6 Å². The summed E-state index contributed by atoms with van der Waals surface area (Å²) >= 11 is 6.30. The maximum Gasteiger partial charge on any atom is 0.308 e. The molecule has 188 valence electrons. The molecule has 2 heterocycles. The topological polar surface area (TPSA) is 104 Å². The second kappa shape index (κ2) is 9.26. The van der Waals surface area contributed by atoms with Crippen molar-refractivity contribution in [1.82, 2.24) is 0 Å². The van der Waals surface area contributed by atoms with E-state index in [0.717, 1.165) is 5.56 Å². The zero-order chi connectivity index (χ0) is 25.6. The van der Waals surface area contributed by atoms with E-state index in [-0.39, 0.29) is 47.3 Å². The number of nitrogens with one attached hydrogen (secondary N) is 1. The molecule has 0 atom stereocenters. The Labute approximate surface area is 212 Å². The average molecular weight is 512 g/mol. The fourth-order valence-corrected chi connectivity index (χ4v) is 4.83. The maximum absolute atomic E-state index is 12.8. The van der Waals surface area contributed by atoms with Gasteiger partial charge >= 0.3 is 5.97 Å². The van der Waals surface area contributed by atoms with Gasteiger partial charge in [0, 0.05) is 11.8 Å². The highest BCUT2D eigenvalue weighted by Gasteiger charge is 2.40. The largest absolute Gasteiger partial charge is 0.490 e. The number of methoxy groups -OCH3 is 1. The van der Waals surface area contributed by atoms with Crippen molar-refractivity contribution < 1.29 is 28.2 Å². The number of benzene rings is 2. The molecule has 1 fully saturated rings. The van der Waals surface area contributed by atoms with Crippen LogP contribution in [0.5, 0.6) is 5.75 Å². The van der Waals surface area contributed by atoms with E-state index in [2.05, 4.69) is 5.32 Å². The van der Waals surface area contributed by atoms with E-state index in [4.69, 9.17) is 30.2 Å². The minimum absolute atomic E-state index is 0.0152. The molecule has 2 aromatic carbocycles. The normalized spacial score (nSPS) is 19.9. The van der Waals surface area contributed by atoms with Crippen LogP contribution in [-0.4, -0.2) is 38.3 Å². The van der Waals surface area contributed by atoms with Gasteiger partial charge in [-0.25, -0.2) is 0 Å². The molecular weight excluding hydrogens is 486 g/mol. The molecule has 0 unspecified atom stereocenters. The van der Waals surface area contributed by atoms with Crippen LogP contribution < -0.4 is 15.5 Å². The minimum Gasteiger partial charge on any atom is -0.490 e. The standard InChI is InChI=1S/C27H26ClNO7/c1-27(2)18-12-22(35-8-7-34-15-9-14(10-15)25(31)33-3)17(11-20(18)29-26(27)32)23-13-21(30)16-5-4-6-19(28)24(16)36-23/h4-6,11-15H,7-10H2,1-3H3,(H,29,32)/t14-,15+. The van der Waals surface area contributed by atoms with Crippen molar-refractivity contribution in [3.05, 3.63) is 57.2 Å². The Kier molecular flexibility index (Phi) is 6.26. The Balaban J connectivity index is 1.42. The number of para-hydroxylation sites is 1. The fourth-order valence-electron chi connectivity index (χ4n) is 4.62. The number of esters is 1. The van der Waals surface area contributed by atoms with Crippen LogP contribution in [0.2, 0.25) is 5.02 Å². The minimum atomic E-state index is -0.745. The Bertz CT molecular complexity index is 1420. The third-order valence-electron chi connectivity index (χ3n) is 6.90. The first-order valence-electron chi connectivity index (χ1n) is 11.7. The van der Waals surface area contributed by atoms with Gasteiger partial charge in [-0.1, -0.05) is 17.7 Å². The monoisotopic (exact) mass is 511 g/mol. The average Bonchev–Trinajstić information content (AvgIpc) is 3.04. The summed E-state index contributed by atoms with van der Waals surface area (Å²) in [5.41, 5.74) is 1.23. The summed E-state index contributed by atoms with van der Waals surface area (Å²) in [6, 6.07) is 9.96. The molecule has 0 spiro atoms. The van der Waals surface area contributed by atoms with E-state index in [0.29, 0.717) is 46.9 Å². The summed E-state index contributed by atoms with van der Waals surface area (Å²) in [5.74, 6) is 0.281. The molecular formula is C27H26ClNO7. The molecule has 0 radical (unpaired) electrons. The number of fused-ring (bicyclic) bond motifs is 2. The summed E-state index contributed by atoms with van der Waals surface area (Å²) in [6.45, 7) is 4.21. The van der Waals surface area contributed by atoms with Crippen molar-refractivity contribution in [2.75, 3.05) is 25.6 Å². The molecule has 1 aliphatic heterocycles. The van der Waals surface area contributed by atoms with Crippen molar-refractivity contribution in [3.63, 3.8) is 0 Å². The lowest BCUT2D eigenvalue weighted by Gasteiger charge is -2.32. The molecule has 0 bridgehead atoms. The van der Waals surface area contributed by atoms with E-state index in [1.54, 1.807) is 30.3 Å². The highest BCUT2D eigenvalue weighted by atomic mass is 35.5. The number of anilines is 1. The third-order valence-corrected chi connectivity index (χ3v) is 7.20. The first-order chi connectivity index (χ1) is 17.2. The maximum atomic E-state index is 12.8. The highest BCUT2D eigenvalue weighted by Crippen LogP contribution is 2.44. The molecule has 8 nitrogen and oxygen atoms in total. The number of hydrogen-bond acceptors (Lipinski definition) is 7. The first kappa shape index (κ1) is 24.3. The number of carbonyl (C=O) groups excluding carboxylic acids is 2. The van der Waals surface area contributed by atoms with Gasteiger partial charge in [0.05, 0.1) is 47.1 Å². The lowest BCUT2D eigenvalue weighted by atomic mass is 9.82. The van der Waals surface area contributed by atoms with Gasteiger partial charge in [0.1, 0.15) is 18.1 Å². The Morgan fingerprint density at radius 1 is 1.17 bits per heavy atom. The Morgan fingerprint density at radius 3 is 2.69 bits per heavy atom. The molecule has 1 aromatic heterocycles. The van der Waals surface area contributed by atoms with Crippen LogP contribution in [0.25, 0.3) is 22.3 Å². The van der Waals surface area contributed by atoms with Gasteiger partial charge in [-0.2, -0.15) is 0 Å². The van der Waals surface area contributed by atoms with Crippen molar-refractivity contribution in [1.29, 1.82) is 0 Å². The van der Waals surface area contributed by atoms with Crippen LogP contribution in [0.4, 0.5) is 5.69 Å². The fraction of sp³-hybridized carbons (Fsp3) is 0.370. The first-order valence-corrected chi connectivity index (χ1v) is 12.1. The number of ether oxygens (including phenoxy) is 3. The number of halogens is 1. The van der Waals surface area contributed by atoms with E-state index >= 15 is 0 Å². The molecule has 36 heavy (non-hydrogen) atoms. The Hall–Kier alpha value is -3.36. The second-order valence-electron chi connectivity index (χ2n) is 9.60. The number of hydrogen-bond donors (Lipinski definition) is 1. The van der Waals surface area contributed by atoms with Crippen molar-refractivity contribution >= 4 is 40.1 Å². The predicted octanol–water partition coefficient (Wildman–Crippen LogP) is 4.69. The van der Waals surface area contributed by atoms with Gasteiger partial charge in [0.2, 0.25) is 5.91 Å². The van der Waals surface area contributed by atoms with Crippen molar-refractivity contribution in [2.45, 2.75) is 38.2 Å². The summed E-state index contributed by atoms with van der Waals surface area (Å²) < 4.78 is 22.7. The van der Waals surface area contributed by atoms with Gasteiger partial charge in [-0.15, -0.1) is 0 Å². The Morgan fingerprint density at radius 2 is 1.94 bits per heavy atom. The van der Waals surface area contributed by atoms with Gasteiger partial charge < -0.3 is 23.9 Å². The lowest BCUT2D eigenvalue weighted by molar-refractivity contribution is -0.155. The van der Waals surface area contributed by atoms with E-state index in [9.17, 15) is 14.4 Å². The predicted molar refractivity (Wildman–Crippen MR) is 135 cm³/mol. The van der Waals surface area contributed by atoms with Crippen LogP contribution in [-0.2, 0) is 24.5 Å². The van der Waals surface area contributed by atoms with Gasteiger partial charge in [-0.3, -0.25) is 14.4 Å². The zero-order valence-corrected chi connectivity index (χ0v) is 20.9. The highest BCUT2D eigenvalue weighted by molar-refractivity contribution is 6.34. The van der Waals surface area contributed by atoms with Gasteiger partial charge in [0.15, 0.2) is 11.0 Å². The molecule has 9 heteroatoms. The third kappa shape index (κ3) is 4.24. The molecule has 1 aliphatic carbocycles. The van der Waals surface area contributed by atoms with Crippen LogP contribution in [0, 0.1) is 5.92 Å². The molecule has 1 saturated carbocycles.